The molecule has 0 saturated heterocycles. The van der Waals surface area contributed by atoms with Gasteiger partial charge in [0.15, 0.2) is 0 Å². The summed E-state index contributed by atoms with van der Waals surface area (Å²) in [5.41, 5.74) is 3.60. The zero-order chi connectivity index (χ0) is 22.8. The van der Waals surface area contributed by atoms with Gasteiger partial charge in [0.2, 0.25) is 5.91 Å². The molecule has 0 fully saturated rings. The first kappa shape index (κ1) is 20.4. The quantitative estimate of drug-likeness (QED) is 0.470. The van der Waals surface area contributed by atoms with Gasteiger partial charge in [0.05, 0.1) is 18.7 Å². The first-order chi connectivity index (χ1) is 16.0. The molecule has 0 saturated carbocycles. The molecule has 2 N–H and O–H groups in total. The minimum absolute atomic E-state index is 0.114. The molecule has 8 nitrogen and oxygen atoms in total. The Hall–Kier alpha value is -4.46. The van der Waals surface area contributed by atoms with Gasteiger partial charge < -0.3 is 15.4 Å². The van der Waals surface area contributed by atoms with Crippen LogP contribution in [0.25, 0.3) is 0 Å². The maximum absolute atomic E-state index is 13.0. The highest BCUT2D eigenvalue weighted by Crippen LogP contribution is 2.33. The van der Waals surface area contributed by atoms with Crippen molar-refractivity contribution in [3.05, 3.63) is 95.4 Å². The van der Waals surface area contributed by atoms with Gasteiger partial charge in [-0.15, -0.1) is 0 Å². The summed E-state index contributed by atoms with van der Waals surface area (Å²) in [5.74, 6) is 1.23. The van der Waals surface area contributed by atoms with Crippen LogP contribution in [0.1, 0.15) is 27.3 Å². The third-order valence-corrected chi connectivity index (χ3v) is 5.24. The van der Waals surface area contributed by atoms with E-state index >= 15 is 0 Å². The van der Waals surface area contributed by atoms with Gasteiger partial charge >= 0.3 is 0 Å². The molecule has 0 unspecified atom stereocenters. The van der Waals surface area contributed by atoms with Gasteiger partial charge in [-0.3, -0.25) is 14.3 Å². The van der Waals surface area contributed by atoms with Gasteiger partial charge in [-0.25, -0.2) is 4.98 Å². The van der Waals surface area contributed by atoms with E-state index < -0.39 is 0 Å². The fraction of sp³-hybridized carbons (Fsp3) is 0.120. The fourth-order valence-electron chi connectivity index (χ4n) is 3.75. The van der Waals surface area contributed by atoms with Crippen LogP contribution in [0.5, 0.6) is 11.5 Å². The molecule has 2 amide bonds. The second-order valence-corrected chi connectivity index (χ2v) is 7.76. The summed E-state index contributed by atoms with van der Waals surface area (Å²) >= 11 is 0. The van der Waals surface area contributed by atoms with Crippen molar-refractivity contribution in [2.24, 2.45) is 0 Å². The number of carbonyl (C=O) groups is 2. The summed E-state index contributed by atoms with van der Waals surface area (Å²) in [6.07, 6.45) is 1.81. The van der Waals surface area contributed by atoms with Gasteiger partial charge in [-0.05, 0) is 36.8 Å². The zero-order valence-corrected chi connectivity index (χ0v) is 17.9. The summed E-state index contributed by atoms with van der Waals surface area (Å²) in [6, 6.07) is 20.5. The smallest absolute Gasteiger partial charge is 0.273 e. The number of nitrogens with one attached hydrogen (secondary N) is 2. The second-order valence-electron chi connectivity index (χ2n) is 7.76. The van der Waals surface area contributed by atoms with Crippen molar-refractivity contribution in [2.45, 2.75) is 19.9 Å². The van der Waals surface area contributed by atoms with Gasteiger partial charge in [0, 0.05) is 23.5 Å². The summed E-state index contributed by atoms with van der Waals surface area (Å²) in [5, 5.41) is 10.1. The molecule has 0 aliphatic carbocycles. The van der Waals surface area contributed by atoms with Crippen molar-refractivity contribution in [1.82, 2.24) is 14.8 Å². The number of pyridine rings is 1. The van der Waals surface area contributed by atoms with E-state index in [-0.39, 0.29) is 18.2 Å². The van der Waals surface area contributed by atoms with Gasteiger partial charge in [-0.1, -0.05) is 36.4 Å². The molecule has 164 valence electrons. The van der Waals surface area contributed by atoms with Gasteiger partial charge in [0.1, 0.15) is 23.0 Å². The first-order valence-electron chi connectivity index (χ1n) is 10.5. The number of hydrogen-bond acceptors (Lipinski definition) is 5. The second kappa shape index (κ2) is 8.58. The van der Waals surface area contributed by atoms with Crippen molar-refractivity contribution in [3.8, 4) is 11.5 Å². The minimum Gasteiger partial charge on any atom is -0.457 e. The van der Waals surface area contributed by atoms with Crippen molar-refractivity contribution >= 4 is 23.3 Å². The third-order valence-electron chi connectivity index (χ3n) is 5.24. The van der Waals surface area contributed by atoms with E-state index in [0.29, 0.717) is 35.2 Å². The molecular formula is C25H21N5O3. The number of benzene rings is 2. The Kier molecular flexibility index (Phi) is 5.32. The Balaban J connectivity index is 1.34. The predicted molar refractivity (Wildman–Crippen MR) is 124 cm³/mol. The number of rotatable bonds is 6. The zero-order valence-electron chi connectivity index (χ0n) is 17.9. The maximum Gasteiger partial charge on any atom is 0.273 e. The molecule has 0 atom stereocenters. The Morgan fingerprint density at radius 1 is 1.12 bits per heavy atom. The topological polar surface area (TPSA) is 98.1 Å². The Bertz CT molecular complexity index is 1350. The average molecular weight is 439 g/mol. The molecule has 33 heavy (non-hydrogen) atoms. The SMILES string of the molecule is Cc1cc(C(=O)Nc2cccc(Oc3ccnc4c3CC(=O)N4)c2)n(Cc2ccccc2)n1. The Labute approximate surface area is 190 Å². The first-order valence-corrected chi connectivity index (χ1v) is 10.5. The number of fused-ring (bicyclic) bond motifs is 1. The van der Waals surface area contributed by atoms with Crippen LogP contribution in [-0.4, -0.2) is 26.6 Å². The number of ether oxygens (including phenoxy) is 1. The van der Waals surface area contributed by atoms with E-state index in [0.717, 1.165) is 16.8 Å². The molecule has 8 heteroatoms. The third kappa shape index (κ3) is 4.45. The summed E-state index contributed by atoms with van der Waals surface area (Å²) in [7, 11) is 0. The van der Waals surface area contributed by atoms with E-state index in [4.69, 9.17) is 4.74 Å². The Morgan fingerprint density at radius 2 is 1.97 bits per heavy atom. The number of amides is 2. The highest BCUT2D eigenvalue weighted by Gasteiger charge is 2.23. The van der Waals surface area contributed by atoms with Crippen molar-refractivity contribution in [1.29, 1.82) is 0 Å². The number of carbonyl (C=O) groups excluding carboxylic acids is 2. The summed E-state index contributed by atoms with van der Waals surface area (Å²) < 4.78 is 7.70. The largest absolute Gasteiger partial charge is 0.457 e. The van der Waals surface area contributed by atoms with Crippen LogP contribution in [0, 0.1) is 6.92 Å². The Morgan fingerprint density at radius 3 is 2.82 bits per heavy atom. The van der Waals surface area contributed by atoms with Gasteiger partial charge in [-0.2, -0.15) is 5.10 Å². The molecule has 0 spiro atoms. The van der Waals surface area contributed by atoms with Crippen LogP contribution in [0.2, 0.25) is 0 Å². The highest BCUT2D eigenvalue weighted by atomic mass is 16.5. The van der Waals surface area contributed by atoms with Crippen LogP contribution < -0.4 is 15.4 Å². The molecule has 1 aliphatic heterocycles. The fourth-order valence-corrected chi connectivity index (χ4v) is 3.75. The van der Waals surface area contributed by atoms with E-state index in [9.17, 15) is 9.59 Å². The lowest BCUT2D eigenvalue weighted by atomic mass is 10.2. The number of hydrogen-bond donors (Lipinski definition) is 2. The molecule has 2 aromatic heterocycles. The lowest BCUT2D eigenvalue weighted by Crippen LogP contribution is -2.18. The molecule has 1 aliphatic rings. The van der Waals surface area contributed by atoms with E-state index in [1.54, 1.807) is 47.3 Å². The van der Waals surface area contributed by atoms with Gasteiger partial charge in [0.25, 0.3) is 5.91 Å². The molecule has 5 rings (SSSR count). The number of aryl methyl sites for hydroxylation is 1. The van der Waals surface area contributed by atoms with Crippen molar-refractivity contribution in [2.75, 3.05) is 10.6 Å². The monoisotopic (exact) mass is 439 g/mol. The predicted octanol–water partition coefficient (Wildman–Crippen LogP) is 4.17. The highest BCUT2D eigenvalue weighted by molar-refractivity contribution is 6.03. The summed E-state index contributed by atoms with van der Waals surface area (Å²) in [4.78, 5) is 28.9. The average Bonchev–Trinajstić information content (AvgIpc) is 3.37. The normalized spacial score (nSPS) is 12.2. The molecule has 3 heterocycles. The van der Waals surface area contributed by atoms with Crippen LogP contribution in [0.4, 0.5) is 11.5 Å². The molecule has 2 aromatic carbocycles. The number of nitrogens with zero attached hydrogens (tertiary/aromatic N) is 3. The van der Waals surface area contributed by atoms with Crippen LogP contribution in [-0.2, 0) is 17.8 Å². The van der Waals surface area contributed by atoms with E-state index in [1.807, 2.05) is 37.3 Å². The maximum atomic E-state index is 13.0. The number of anilines is 2. The standard InChI is InChI=1S/C25H21N5O3/c1-16-12-21(30(29-16)15-17-6-3-2-4-7-17)25(32)27-18-8-5-9-19(13-18)33-22-10-11-26-24-20(22)14-23(31)28-24/h2-13H,14-15H2,1H3,(H,27,32)(H,26,28,31). The molecule has 0 bridgehead atoms. The lowest BCUT2D eigenvalue weighted by molar-refractivity contribution is -0.115. The van der Waals surface area contributed by atoms with Crippen LogP contribution in [0.15, 0.2) is 72.9 Å². The molecule has 0 radical (unpaired) electrons. The van der Waals surface area contributed by atoms with E-state index in [2.05, 4.69) is 20.7 Å². The van der Waals surface area contributed by atoms with E-state index in [1.165, 1.54) is 0 Å². The summed E-state index contributed by atoms with van der Waals surface area (Å²) in [6.45, 7) is 2.36. The lowest BCUT2D eigenvalue weighted by Gasteiger charge is -2.12. The number of aromatic nitrogens is 3. The van der Waals surface area contributed by atoms with Crippen LogP contribution in [0.3, 0.4) is 0 Å². The van der Waals surface area contributed by atoms with Crippen molar-refractivity contribution in [3.63, 3.8) is 0 Å². The molecule has 4 aromatic rings. The van der Waals surface area contributed by atoms with Crippen LogP contribution >= 0.6 is 0 Å². The molecular weight excluding hydrogens is 418 g/mol. The van der Waals surface area contributed by atoms with Crippen molar-refractivity contribution < 1.29 is 14.3 Å². The minimum atomic E-state index is -0.261.